The molecular weight excluding hydrogens is 456 g/mol. The molecule has 0 N–H and O–H groups in total. The SMILES string of the molecule is O=C1N=C(C2CCN(c3ccccc3COCc3ccccc3)CC2)c2c1cccc2-c1ccccc1. The van der Waals surface area contributed by atoms with Crippen LogP contribution in [0.2, 0.25) is 0 Å². The number of nitrogens with zero attached hydrogens (tertiary/aromatic N) is 2. The van der Waals surface area contributed by atoms with Crippen molar-refractivity contribution < 1.29 is 9.53 Å². The average molecular weight is 487 g/mol. The van der Waals surface area contributed by atoms with Crippen molar-refractivity contribution in [3.8, 4) is 11.1 Å². The zero-order chi connectivity index (χ0) is 25.0. The van der Waals surface area contributed by atoms with Gasteiger partial charge in [0.25, 0.3) is 5.91 Å². The molecule has 0 spiro atoms. The first-order chi connectivity index (χ1) is 18.3. The van der Waals surface area contributed by atoms with Gasteiger partial charge >= 0.3 is 0 Å². The molecule has 4 aromatic rings. The third kappa shape index (κ3) is 4.85. The van der Waals surface area contributed by atoms with Crippen molar-refractivity contribution >= 4 is 17.3 Å². The van der Waals surface area contributed by atoms with Crippen LogP contribution in [0.15, 0.2) is 108 Å². The maximum atomic E-state index is 12.8. The Balaban J connectivity index is 1.17. The van der Waals surface area contributed by atoms with Gasteiger partial charge in [0.15, 0.2) is 0 Å². The van der Waals surface area contributed by atoms with E-state index < -0.39 is 0 Å². The van der Waals surface area contributed by atoms with Crippen LogP contribution in [0.25, 0.3) is 11.1 Å². The van der Waals surface area contributed by atoms with Crippen LogP contribution in [0.4, 0.5) is 5.69 Å². The lowest BCUT2D eigenvalue weighted by atomic mass is 9.84. The minimum Gasteiger partial charge on any atom is -0.372 e. The average Bonchev–Trinajstić information content (AvgIpc) is 3.31. The van der Waals surface area contributed by atoms with Gasteiger partial charge in [-0.3, -0.25) is 4.79 Å². The number of hydrogen-bond donors (Lipinski definition) is 0. The van der Waals surface area contributed by atoms with Gasteiger partial charge in [-0.1, -0.05) is 91.0 Å². The maximum absolute atomic E-state index is 12.8. The topological polar surface area (TPSA) is 41.9 Å². The van der Waals surface area contributed by atoms with E-state index in [2.05, 4.69) is 64.5 Å². The van der Waals surface area contributed by atoms with E-state index in [0.29, 0.717) is 13.2 Å². The number of anilines is 1. The van der Waals surface area contributed by atoms with Crippen LogP contribution in [0.5, 0.6) is 0 Å². The van der Waals surface area contributed by atoms with Crippen LogP contribution in [0, 0.1) is 5.92 Å². The lowest BCUT2D eigenvalue weighted by molar-refractivity contribution is 0.101. The molecule has 0 bridgehead atoms. The van der Waals surface area contributed by atoms with E-state index in [4.69, 9.17) is 4.74 Å². The molecule has 0 aromatic heterocycles. The predicted octanol–water partition coefficient (Wildman–Crippen LogP) is 6.93. The maximum Gasteiger partial charge on any atom is 0.277 e. The minimum absolute atomic E-state index is 0.105. The molecule has 4 aromatic carbocycles. The largest absolute Gasteiger partial charge is 0.372 e. The number of rotatable bonds is 7. The number of carbonyl (C=O) groups excluding carboxylic acids is 1. The minimum atomic E-state index is -0.105. The van der Waals surface area contributed by atoms with Gasteiger partial charge in [-0.05, 0) is 41.7 Å². The molecule has 6 rings (SSSR count). The predicted molar refractivity (Wildman–Crippen MR) is 149 cm³/mol. The fourth-order valence-electron chi connectivity index (χ4n) is 5.57. The first kappa shape index (κ1) is 23.4. The molecule has 0 unspecified atom stereocenters. The number of piperidine rings is 1. The van der Waals surface area contributed by atoms with Gasteiger partial charge in [0.1, 0.15) is 0 Å². The fourth-order valence-corrected chi connectivity index (χ4v) is 5.57. The number of para-hydroxylation sites is 1. The molecule has 4 nitrogen and oxygen atoms in total. The Morgan fingerprint density at radius 1 is 0.730 bits per heavy atom. The van der Waals surface area contributed by atoms with Crippen molar-refractivity contribution in [2.45, 2.75) is 26.1 Å². The summed E-state index contributed by atoms with van der Waals surface area (Å²) in [6.07, 6.45) is 1.93. The van der Waals surface area contributed by atoms with Gasteiger partial charge < -0.3 is 9.64 Å². The first-order valence-corrected chi connectivity index (χ1v) is 13.0. The summed E-state index contributed by atoms with van der Waals surface area (Å²) in [5.74, 6) is 0.166. The van der Waals surface area contributed by atoms with Gasteiger partial charge in [-0.25, -0.2) is 4.99 Å². The van der Waals surface area contributed by atoms with E-state index in [1.54, 1.807) is 0 Å². The van der Waals surface area contributed by atoms with Crippen molar-refractivity contribution in [2.24, 2.45) is 10.9 Å². The van der Waals surface area contributed by atoms with Crippen LogP contribution >= 0.6 is 0 Å². The molecule has 0 radical (unpaired) electrons. The Morgan fingerprint density at radius 3 is 2.19 bits per heavy atom. The molecule has 1 amide bonds. The van der Waals surface area contributed by atoms with Gasteiger partial charge in [-0.15, -0.1) is 0 Å². The molecule has 4 heteroatoms. The third-order valence-corrected chi connectivity index (χ3v) is 7.44. The molecule has 2 aliphatic heterocycles. The summed E-state index contributed by atoms with van der Waals surface area (Å²) in [7, 11) is 0. The monoisotopic (exact) mass is 486 g/mol. The number of hydrogen-bond acceptors (Lipinski definition) is 3. The molecule has 37 heavy (non-hydrogen) atoms. The summed E-state index contributed by atoms with van der Waals surface area (Å²) in [5, 5.41) is 0. The van der Waals surface area contributed by atoms with E-state index in [9.17, 15) is 4.79 Å². The first-order valence-electron chi connectivity index (χ1n) is 13.0. The standard InChI is InChI=1S/C33H30N2O2/c36-33-29-16-9-15-28(25-12-5-2-6-13-25)31(29)32(34-33)26-18-20-35(21-19-26)30-17-8-7-14-27(30)23-37-22-24-10-3-1-4-11-24/h1-17,26H,18-23H2. The highest BCUT2D eigenvalue weighted by atomic mass is 16.5. The van der Waals surface area contributed by atoms with Gasteiger partial charge in [0.05, 0.1) is 24.5 Å². The lowest BCUT2D eigenvalue weighted by Gasteiger charge is -2.35. The Bertz CT molecular complexity index is 1420. The van der Waals surface area contributed by atoms with Gasteiger partial charge in [0.2, 0.25) is 0 Å². The quantitative estimate of drug-likeness (QED) is 0.284. The number of amides is 1. The smallest absolute Gasteiger partial charge is 0.277 e. The molecule has 2 heterocycles. The highest BCUT2D eigenvalue weighted by molar-refractivity contribution is 6.24. The summed E-state index contributed by atoms with van der Waals surface area (Å²) in [6, 6.07) is 35.2. The summed E-state index contributed by atoms with van der Waals surface area (Å²) in [6.45, 7) is 3.04. The zero-order valence-electron chi connectivity index (χ0n) is 20.8. The van der Waals surface area contributed by atoms with Crippen molar-refractivity contribution in [1.29, 1.82) is 0 Å². The zero-order valence-corrected chi connectivity index (χ0v) is 20.8. The van der Waals surface area contributed by atoms with Crippen LogP contribution < -0.4 is 4.90 Å². The highest BCUT2D eigenvalue weighted by Gasteiger charge is 2.33. The molecule has 0 aliphatic carbocycles. The number of fused-ring (bicyclic) bond motifs is 1. The Morgan fingerprint density at radius 2 is 1.41 bits per heavy atom. The second-order valence-electron chi connectivity index (χ2n) is 9.76. The summed E-state index contributed by atoms with van der Waals surface area (Å²) >= 11 is 0. The van der Waals surface area contributed by atoms with E-state index in [0.717, 1.165) is 53.9 Å². The number of ether oxygens (including phenoxy) is 1. The van der Waals surface area contributed by atoms with Crippen LogP contribution in [-0.4, -0.2) is 24.7 Å². The number of aliphatic imine (C=N–C) groups is 1. The van der Waals surface area contributed by atoms with Crippen LogP contribution in [0.3, 0.4) is 0 Å². The van der Waals surface area contributed by atoms with Crippen LogP contribution in [-0.2, 0) is 18.0 Å². The van der Waals surface area contributed by atoms with Crippen molar-refractivity contribution in [3.05, 3.63) is 125 Å². The highest BCUT2D eigenvalue weighted by Crippen LogP contribution is 2.36. The third-order valence-electron chi connectivity index (χ3n) is 7.44. The molecule has 1 fully saturated rings. The van der Waals surface area contributed by atoms with Crippen molar-refractivity contribution in [3.63, 3.8) is 0 Å². The van der Waals surface area contributed by atoms with E-state index in [1.807, 2.05) is 48.5 Å². The van der Waals surface area contributed by atoms with Gasteiger partial charge in [-0.2, -0.15) is 0 Å². The van der Waals surface area contributed by atoms with Gasteiger partial charge in [0, 0.05) is 35.8 Å². The summed E-state index contributed by atoms with van der Waals surface area (Å²) in [4.78, 5) is 19.9. The van der Waals surface area contributed by atoms with E-state index >= 15 is 0 Å². The Labute approximate surface area is 218 Å². The van der Waals surface area contributed by atoms with Crippen molar-refractivity contribution in [2.75, 3.05) is 18.0 Å². The lowest BCUT2D eigenvalue weighted by Crippen LogP contribution is -2.37. The molecule has 0 saturated carbocycles. The van der Waals surface area contributed by atoms with E-state index in [-0.39, 0.29) is 11.8 Å². The Kier molecular flexibility index (Phi) is 6.66. The van der Waals surface area contributed by atoms with Crippen LogP contribution in [0.1, 0.15) is 39.9 Å². The number of carbonyl (C=O) groups is 1. The normalized spacial score (nSPS) is 15.5. The fraction of sp³-hybridized carbons (Fsp3) is 0.212. The molecule has 2 aliphatic rings. The molecule has 0 atom stereocenters. The van der Waals surface area contributed by atoms with E-state index in [1.165, 1.54) is 16.8 Å². The summed E-state index contributed by atoms with van der Waals surface area (Å²) < 4.78 is 6.06. The second-order valence-corrected chi connectivity index (χ2v) is 9.76. The molecular formula is C33H30N2O2. The second kappa shape index (κ2) is 10.5. The number of benzene rings is 4. The molecule has 184 valence electrons. The molecule has 1 saturated heterocycles. The van der Waals surface area contributed by atoms with Crippen molar-refractivity contribution in [1.82, 2.24) is 0 Å². The Hall–Kier alpha value is -4.02. The summed E-state index contributed by atoms with van der Waals surface area (Å²) in [5.41, 5.74) is 8.61.